The zero-order chi connectivity index (χ0) is 34.9. The molecule has 0 aromatic heterocycles. The highest BCUT2D eigenvalue weighted by Gasteiger charge is 2.47. The molecule has 0 unspecified atom stereocenters. The molecule has 3 saturated heterocycles. The molecular formula is C37H57N3O7. The third-order valence-corrected chi connectivity index (χ3v) is 10.9. The molecule has 3 aliphatic rings. The Hall–Kier alpha value is -2.95. The van der Waals surface area contributed by atoms with Crippen LogP contribution in [0.4, 0.5) is 0 Å². The lowest BCUT2D eigenvalue weighted by Crippen LogP contribution is -2.60. The average Bonchev–Trinajstić information content (AvgIpc) is 2.97. The Kier molecular flexibility index (Phi) is 10.9. The van der Waals surface area contributed by atoms with Gasteiger partial charge in [0, 0.05) is 47.8 Å². The molecule has 4 rings (SSSR count). The number of likely N-dealkylation sites (tertiary alicyclic amines) is 2. The number of benzene rings is 1. The number of carbonyl (C=O) groups excluding carboxylic acids is 3. The molecule has 0 saturated carbocycles. The maximum atomic E-state index is 14.4. The quantitative estimate of drug-likeness (QED) is 0.133. The van der Waals surface area contributed by atoms with Gasteiger partial charge in [-0.25, -0.2) is 14.4 Å². The summed E-state index contributed by atoms with van der Waals surface area (Å²) in [6.07, 6.45) is 2.21. The number of hydrogen-bond acceptors (Lipinski definition) is 10. The second kappa shape index (κ2) is 13.9. The van der Waals surface area contributed by atoms with E-state index in [-0.39, 0.29) is 33.8 Å². The van der Waals surface area contributed by atoms with E-state index in [1.165, 1.54) is 0 Å². The van der Waals surface area contributed by atoms with Gasteiger partial charge in [-0.05, 0) is 113 Å². The van der Waals surface area contributed by atoms with Gasteiger partial charge in [0.2, 0.25) is 0 Å². The highest BCUT2D eigenvalue weighted by Crippen LogP contribution is 2.40. The smallest absolute Gasteiger partial charge is 0.346 e. The first-order valence-electron chi connectivity index (χ1n) is 17.0. The van der Waals surface area contributed by atoms with Gasteiger partial charge in [0.05, 0.1) is 12.7 Å². The Bertz CT molecular complexity index is 1250. The third kappa shape index (κ3) is 8.38. The monoisotopic (exact) mass is 655 g/mol. The van der Waals surface area contributed by atoms with Crippen LogP contribution >= 0.6 is 0 Å². The van der Waals surface area contributed by atoms with Crippen LogP contribution in [0.3, 0.4) is 0 Å². The number of carbonyl (C=O) groups is 3. The van der Waals surface area contributed by atoms with Gasteiger partial charge in [-0.3, -0.25) is 9.80 Å². The van der Waals surface area contributed by atoms with Crippen molar-refractivity contribution < 1.29 is 33.3 Å². The number of piperidine rings is 3. The number of esters is 3. The molecule has 3 fully saturated rings. The summed E-state index contributed by atoms with van der Waals surface area (Å²) < 4.78 is 23.7. The molecule has 0 atom stereocenters. The zero-order valence-electron chi connectivity index (χ0n) is 30.5. The summed E-state index contributed by atoms with van der Waals surface area (Å²) in [7, 11) is 5.69. The van der Waals surface area contributed by atoms with Gasteiger partial charge in [0.25, 0.3) is 0 Å². The normalized spacial score (nSPS) is 23.4. The van der Waals surface area contributed by atoms with E-state index >= 15 is 0 Å². The molecule has 0 spiro atoms. The molecule has 0 aliphatic carbocycles. The highest BCUT2D eigenvalue weighted by molar-refractivity contribution is 6.32. The van der Waals surface area contributed by atoms with Crippen molar-refractivity contribution in [1.82, 2.24) is 15.1 Å². The predicted octanol–water partition coefficient (Wildman–Crippen LogP) is 5.13. The van der Waals surface area contributed by atoms with Crippen molar-refractivity contribution >= 4 is 23.5 Å². The number of rotatable bonds is 8. The molecule has 47 heavy (non-hydrogen) atoms. The summed E-state index contributed by atoms with van der Waals surface area (Å²) in [5, 5.41) is 3.27. The van der Waals surface area contributed by atoms with E-state index in [2.05, 4.69) is 84.6 Å². The fourth-order valence-corrected chi connectivity index (χ4v) is 7.68. The van der Waals surface area contributed by atoms with E-state index in [9.17, 15) is 14.4 Å². The number of hydrogen-bond donors (Lipinski definition) is 1. The van der Waals surface area contributed by atoms with Crippen LogP contribution in [0.1, 0.15) is 99.5 Å². The van der Waals surface area contributed by atoms with Crippen LogP contribution in [-0.4, -0.2) is 102 Å². The third-order valence-electron chi connectivity index (χ3n) is 10.9. The van der Waals surface area contributed by atoms with Gasteiger partial charge < -0.3 is 24.3 Å². The van der Waals surface area contributed by atoms with Gasteiger partial charge in [0.15, 0.2) is 5.57 Å². The average molecular weight is 656 g/mol. The Morgan fingerprint density at radius 3 is 1.40 bits per heavy atom. The molecule has 1 aromatic carbocycles. The second-order valence-electron chi connectivity index (χ2n) is 16.1. The van der Waals surface area contributed by atoms with Gasteiger partial charge in [-0.2, -0.15) is 0 Å². The SMILES string of the molecule is COc1ccc(C(C(=O)OC2CCNCC2)=C(C(=O)OC2CC(C)(C)N(C)C(C)(C)C2)C(=O)OC2CC(C)(C)N(C)C(C)(C)C2)cc1. The van der Waals surface area contributed by atoms with Crippen molar-refractivity contribution in [3.63, 3.8) is 0 Å². The van der Waals surface area contributed by atoms with Crippen molar-refractivity contribution in [2.24, 2.45) is 0 Å². The Morgan fingerprint density at radius 2 is 1.02 bits per heavy atom. The van der Waals surface area contributed by atoms with Crippen LogP contribution < -0.4 is 10.1 Å². The van der Waals surface area contributed by atoms with Crippen LogP contribution in [-0.2, 0) is 28.6 Å². The molecule has 10 nitrogen and oxygen atoms in total. The van der Waals surface area contributed by atoms with Crippen molar-refractivity contribution in [2.75, 3.05) is 34.3 Å². The minimum atomic E-state index is -0.879. The van der Waals surface area contributed by atoms with E-state index in [4.69, 9.17) is 18.9 Å². The maximum absolute atomic E-state index is 14.4. The topological polar surface area (TPSA) is 107 Å². The summed E-state index contributed by atoms with van der Waals surface area (Å²) in [5.74, 6) is -1.94. The van der Waals surface area contributed by atoms with Gasteiger partial charge >= 0.3 is 17.9 Å². The number of nitrogens with one attached hydrogen (secondary N) is 1. The van der Waals surface area contributed by atoms with Crippen LogP contribution in [0.5, 0.6) is 5.75 Å². The fourth-order valence-electron chi connectivity index (χ4n) is 7.68. The summed E-state index contributed by atoms with van der Waals surface area (Å²) in [4.78, 5) is 47.5. The minimum absolute atomic E-state index is 0.154. The summed E-state index contributed by atoms with van der Waals surface area (Å²) in [6, 6.07) is 6.68. The van der Waals surface area contributed by atoms with Crippen LogP contribution in [0.25, 0.3) is 5.57 Å². The molecule has 10 heteroatoms. The lowest BCUT2D eigenvalue weighted by atomic mass is 9.78. The molecule has 262 valence electrons. The summed E-state index contributed by atoms with van der Waals surface area (Å²) in [5.41, 5.74) is -1.31. The van der Waals surface area contributed by atoms with E-state index in [1.807, 2.05) is 0 Å². The number of nitrogens with zero attached hydrogens (tertiary/aromatic N) is 2. The first-order valence-corrected chi connectivity index (χ1v) is 17.0. The zero-order valence-corrected chi connectivity index (χ0v) is 30.5. The largest absolute Gasteiger partial charge is 0.497 e. The van der Waals surface area contributed by atoms with Crippen molar-refractivity contribution in [3.05, 3.63) is 35.4 Å². The van der Waals surface area contributed by atoms with E-state index in [1.54, 1.807) is 31.4 Å². The van der Waals surface area contributed by atoms with Crippen molar-refractivity contribution in [1.29, 1.82) is 0 Å². The molecule has 3 heterocycles. The van der Waals surface area contributed by atoms with Crippen LogP contribution in [0, 0.1) is 0 Å². The Balaban J connectivity index is 1.79. The van der Waals surface area contributed by atoms with Crippen molar-refractivity contribution in [2.45, 2.75) is 134 Å². The lowest BCUT2D eigenvalue weighted by molar-refractivity contribution is -0.162. The van der Waals surface area contributed by atoms with Crippen LogP contribution in [0.15, 0.2) is 29.8 Å². The lowest BCUT2D eigenvalue weighted by Gasteiger charge is -2.53. The summed E-state index contributed by atoms with van der Waals surface area (Å²) in [6.45, 7) is 18.3. The fraction of sp³-hybridized carbons (Fsp3) is 0.703. The van der Waals surface area contributed by atoms with E-state index < -0.39 is 35.7 Å². The molecule has 0 bridgehead atoms. The first-order chi connectivity index (χ1) is 21.8. The molecule has 0 amide bonds. The number of ether oxygens (including phenoxy) is 4. The Morgan fingerprint density at radius 1 is 0.638 bits per heavy atom. The molecular weight excluding hydrogens is 598 g/mol. The highest BCUT2D eigenvalue weighted by atomic mass is 16.6. The molecule has 1 aromatic rings. The van der Waals surface area contributed by atoms with Crippen LogP contribution in [0.2, 0.25) is 0 Å². The summed E-state index contributed by atoms with van der Waals surface area (Å²) >= 11 is 0. The van der Waals surface area contributed by atoms with E-state index in [0.717, 1.165) is 0 Å². The standard InChI is InChI=1S/C37H57N3O7/c1-34(2)20-27(21-35(3,4)39(34)9)46-32(42)30(33(43)47-28-22-36(5,6)40(10)37(7,8)23-28)29(24-12-14-25(44-11)15-13-24)31(41)45-26-16-18-38-19-17-26/h12-15,26-28,38H,16-23H2,1-11H3. The van der Waals surface area contributed by atoms with Gasteiger partial charge in [-0.1, -0.05) is 12.1 Å². The van der Waals surface area contributed by atoms with Crippen molar-refractivity contribution in [3.8, 4) is 5.75 Å². The molecule has 3 aliphatic heterocycles. The maximum Gasteiger partial charge on any atom is 0.346 e. The number of methoxy groups -OCH3 is 1. The minimum Gasteiger partial charge on any atom is -0.497 e. The van der Waals surface area contributed by atoms with Gasteiger partial charge in [-0.15, -0.1) is 0 Å². The first kappa shape index (κ1) is 36.9. The molecule has 1 N–H and O–H groups in total. The molecule has 0 radical (unpaired) electrons. The second-order valence-corrected chi connectivity index (χ2v) is 16.1. The predicted molar refractivity (Wildman–Crippen MR) is 182 cm³/mol. The Labute approximate surface area is 281 Å². The van der Waals surface area contributed by atoms with E-state index in [0.29, 0.717) is 62.9 Å². The van der Waals surface area contributed by atoms with Gasteiger partial charge in [0.1, 0.15) is 24.1 Å².